The van der Waals surface area contributed by atoms with Crippen molar-refractivity contribution >= 4 is 15.9 Å². The van der Waals surface area contributed by atoms with Crippen LogP contribution in [0.3, 0.4) is 0 Å². The van der Waals surface area contributed by atoms with Crippen molar-refractivity contribution in [2.45, 2.75) is 20.3 Å². The molecule has 5 nitrogen and oxygen atoms in total. The van der Waals surface area contributed by atoms with Gasteiger partial charge in [0.25, 0.3) is 10.2 Å². The molecule has 1 rings (SSSR count). The van der Waals surface area contributed by atoms with Crippen molar-refractivity contribution in [1.29, 1.82) is 0 Å². The lowest BCUT2D eigenvalue weighted by Gasteiger charge is -2.10. The maximum absolute atomic E-state index is 11.6. The average Bonchev–Trinajstić information content (AvgIpc) is 2.33. The predicted molar refractivity (Wildman–Crippen MR) is 76.0 cm³/mol. The van der Waals surface area contributed by atoms with Gasteiger partial charge in [0.1, 0.15) is 0 Å². The first-order chi connectivity index (χ1) is 8.98. The van der Waals surface area contributed by atoms with E-state index in [-0.39, 0.29) is 6.61 Å². The summed E-state index contributed by atoms with van der Waals surface area (Å²) in [6, 6.07) is 5.28. The summed E-state index contributed by atoms with van der Waals surface area (Å²) < 4.78 is 28.1. The molecule has 104 valence electrons. The van der Waals surface area contributed by atoms with Crippen LogP contribution in [0.5, 0.6) is 0 Å². The first kappa shape index (κ1) is 15.5. The Morgan fingerprint density at radius 1 is 1.37 bits per heavy atom. The van der Waals surface area contributed by atoms with Gasteiger partial charge in [-0.25, -0.2) is 0 Å². The number of hydrogen-bond acceptors (Lipinski definition) is 3. The third-order valence-electron chi connectivity index (χ3n) is 2.29. The molecule has 0 saturated carbocycles. The van der Waals surface area contributed by atoms with Crippen LogP contribution in [0, 0.1) is 18.8 Å². The highest BCUT2D eigenvalue weighted by atomic mass is 32.2. The van der Waals surface area contributed by atoms with Crippen LogP contribution in [0.2, 0.25) is 0 Å². The molecule has 0 aliphatic rings. The number of nitrogens with one attached hydrogen (secondary N) is 2. The van der Waals surface area contributed by atoms with Gasteiger partial charge >= 0.3 is 0 Å². The van der Waals surface area contributed by atoms with E-state index in [1.54, 1.807) is 19.1 Å². The van der Waals surface area contributed by atoms with E-state index in [1.165, 1.54) is 0 Å². The SMILES string of the molecule is CCNS(=O)(=O)Nc1cc(C#CCCO)ccc1C. The van der Waals surface area contributed by atoms with Gasteiger partial charge in [-0.1, -0.05) is 24.8 Å². The molecule has 0 aromatic heterocycles. The van der Waals surface area contributed by atoms with E-state index in [0.717, 1.165) is 5.56 Å². The molecule has 1 aromatic carbocycles. The van der Waals surface area contributed by atoms with Crippen LogP contribution in [0.25, 0.3) is 0 Å². The Balaban J connectivity index is 2.96. The summed E-state index contributed by atoms with van der Waals surface area (Å²) in [5, 5.41) is 8.65. The van der Waals surface area contributed by atoms with Crippen molar-refractivity contribution in [2.24, 2.45) is 0 Å². The molecule has 6 heteroatoms. The molecule has 3 N–H and O–H groups in total. The van der Waals surface area contributed by atoms with Crippen molar-refractivity contribution in [1.82, 2.24) is 4.72 Å². The zero-order valence-corrected chi connectivity index (χ0v) is 11.8. The summed E-state index contributed by atoms with van der Waals surface area (Å²) in [5.74, 6) is 5.66. The van der Waals surface area contributed by atoms with Gasteiger partial charge in [0.2, 0.25) is 0 Å². The summed E-state index contributed by atoms with van der Waals surface area (Å²) in [7, 11) is -3.54. The number of aliphatic hydroxyl groups excluding tert-OH is 1. The molecule has 0 fully saturated rings. The fraction of sp³-hybridized carbons (Fsp3) is 0.385. The zero-order chi connectivity index (χ0) is 14.3. The zero-order valence-electron chi connectivity index (χ0n) is 11.0. The lowest BCUT2D eigenvalue weighted by molar-refractivity contribution is 0.305. The minimum atomic E-state index is -3.54. The van der Waals surface area contributed by atoms with Crippen LogP contribution in [0.1, 0.15) is 24.5 Å². The van der Waals surface area contributed by atoms with E-state index in [0.29, 0.717) is 24.2 Å². The van der Waals surface area contributed by atoms with E-state index in [9.17, 15) is 8.42 Å². The van der Waals surface area contributed by atoms with Gasteiger partial charge < -0.3 is 5.11 Å². The Morgan fingerprint density at radius 2 is 2.11 bits per heavy atom. The molecule has 0 saturated heterocycles. The molecule has 0 spiro atoms. The van der Waals surface area contributed by atoms with Gasteiger partial charge in [0.05, 0.1) is 12.3 Å². The maximum atomic E-state index is 11.6. The van der Waals surface area contributed by atoms with Crippen LogP contribution >= 0.6 is 0 Å². The largest absolute Gasteiger partial charge is 0.395 e. The van der Waals surface area contributed by atoms with Gasteiger partial charge in [0.15, 0.2) is 0 Å². The maximum Gasteiger partial charge on any atom is 0.299 e. The van der Waals surface area contributed by atoms with Crippen molar-refractivity contribution in [3.8, 4) is 11.8 Å². The quantitative estimate of drug-likeness (QED) is 0.705. The highest BCUT2D eigenvalue weighted by Crippen LogP contribution is 2.17. The van der Waals surface area contributed by atoms with E-state index < -0.39 is 10.2 Å². The number of rotatable bonds is 5. The van der Waals surface area contributed by atoms with E-state index >= 15 is 0 Å². The molecule has 0 aliphatic carbocycles. The van der Waals surface area contributed by atoms with Gasteiger partial charge in [0, 0.05) is 18.5 Å². The fourth-order valence-electron chi connectivity index (χ4n) is 1.40. The van der Waals surface area contributed by atoms with Crippen molar-refractivity contribution in [3.05, 3.63) is 29.3 Å². The predicted octanol–water partition coefficient (Wildman–Crippen LogP) is 0.995. The molecule has 0 bridgehead atoms. The Morgan fingerprint density at radius 3 is 2.74 bits per heavy atom. The molecule has 0 unspecified atom stereocenters. The van der Waals surface area contributed by atoms with Crippen molar-refractivity contribution in [2.75, 3.05) is 17.9 Å². The summed E-state index contributed by atoms with van der Waals surface area (Å²) in [4.78, 5) is 0. The standard InChI is InChI=1S/C13H18N2O3S/c1-3-14-19(17,18)15-13-10-12(6-4-5-9-16)8-7-11(13)2/h7-8,10,14-16H,3,5,9H2,1-2H3. The molecular formula is C13H18N2O3S. The molecule has 0 aliphatic heterocycles. The minimum Gasteiger partial charge on any atom is -0.395 e. The second kappa shape index (κ2) is 7.14. The normalized spacial score (nSPS) is 10.7. The van der Waals surface area contributed by atoms with Crippen molar-refractivity contribution in [3.63, 3.8) is 0 Å². The van der Waals surface area contributed by atoms with Gasteiger partial charge in [-0.2, -0.15) is 13.1 Å². The molecule has 1 aromatic rings. The third kappa shape index (κ3) is 5.30. The summed E-state index contributed by atoms with van der Waals surface area (Å²) in [6.07, 6.45) is 0.395. The number of anilines is 1. The van der Waals surface area contributed by atoms with Crippen LogP contribution in [-0.2, 0) is 10.2 Å². The highest BCUT2D eigenvalue weighted by molar-refractivity contribution is 7.90. The van der Waals surface area contributed by atoms with Crippen LogP contribution in [0.15, 0.2) is 18.2 Å². The highest BCUT2D eigenvalue weighted by Gasteiger charge is 2.09. The van der Waals surface area contributed by atoms with Gasteiger partial charge in [-0.05, 0) is 24.6 Å². The molecule has 0 heterocycles. The van der Waals surface area contributed by atoms with E-state index in [1.807, 2.05) is 13.0 Å². The van der Waals surface area contributed by atoms with Crippen LogP contribution in [-0.4, -0.2) is 26.7 Å². The van der Waals surface area contributed by atoms with Crippen LogP contribution in [0.4, 0.5) is 5.69 Å². The van der Waals surface area contributed by atoms with E-state index in [2.05, 4.69) is 21.3 Å². The first-order valence-corrected chi connectivity index (χ1v) is 7.44. The summed E-state index contributed by atoms with van der Waals surface area (Å²) in [6.45, 7) is 3.86. The fourth-order valence-corrected chi connectivity index (χ4v) is 2.36. The third-order valence-corrected chi connectivity index (χ3v) is 3.44. The Kier molecular flexibility index (Phi) is 5.83. The summed E-state index contributed by atoms with van der Waals surface area (Å²) >= 11 is 0. The average molecular weight is 282 g/mol. The number of benzene rings is 1. The topological polar surface area (TPSA) is 78.4 Å². The Bertz CT molecular complexity index is 586. The smallest absolute Gasteiger partial charge is 0.299 e. The lowest BCUT2D eigenvalue weighted by Crippen LogP contribution is -2.30. The number of aliphatic hydroxyl groups is 1. The molecule has 0 atom stereocenters. The van der Waals surface area contributed by atoms with Crippen molar-refractivity contribution < 1.29 is 13.5 Å². The molecular weight excluding hydrogens is 264 g/mol. The minimum absolute atomic E-state index is 0.0127. The number of aryl methyl sites for hydroxylation is 1. The molecule has 19 heavy (non-hydrogen) atoms. The van der Waals surface area contributed by atoms with Gasteiger partial charge in [-0.15, -0.1) is 0 Å². The first-order valence-electron chi connectivity index (χ1n) is 5.96. The molecule has 0 amide bonds. The Hall–Kier alpha value is -1.55. The summed E-state index contributed by atoms with van der Waals surface area (Å²) in [5.41, 5.74) is 2.01. The Labute approximate surface area is 114 Å². The monoisotopic (exact) mass is 282 g/mol. The molecule has 0 radical (unpaired) electrons. The number of hydrogen-bond donors (Lipinski definition) is 3. The second-order valence-corrected chi connectivity index (χ2v) is 5.41. The van der Waals surface area contributed by atoms with Gasteiger partial charge in [-0.3, -0.25) is 4.72 Å². The second-order valence-electron chi connectivity index (χ2n) is 3.91. The van der Waals surface area contributed by atoms with Crippen LogP contribution < -0.4 is 9.44 Å². The lowest BCUT2D eigenvalue weighted by atomic mass is 10.1. The van der Waals surface area contributed by atoms with E-state index in [4.69, 9.17) is 5.11 Å².